The van der Waals surface area contributed by atoms with Crippen LogP contribution in [-0.4, -0.2) is 50.6 Å². The second-order valence-electron chi connectivity index (χ2n) is 7.87. The smallest absolute Gasteiger partial charge is 0.340 e. The van der Waals surface area contributed by atoms with E-state index in [1.807, 2.05) is 37.3 Å². The number of rotatable bonds is 9. The summed E-state index contributed by atoms with van der Waals surface area (Å²) in [5.74, 6) is -0.362. The molecule has 1 saturated carbocycles. The number of nitrogens with zero attached hydrogens (tertiary/aromatic N) is 1. The van der Waals surface area contributed by atoms with Crippen LogP contribution < -0.4 is 14.8 Å². The van der Waals surface area contributed by atoms with Crippen molar-refractivity contribution in [2.24, 2.45) is 11.8 Å². The van der Waals surface area contributed by atoms with Crippen molar-refractivity contribution in [3.05, 3.63) is 53.6 Å². The molecular formula is C24H28N2O6. The molecule has 32 heavy (non-hydrogen) atoms. The molecule has 1 N–H and O–H groups in total. The van der Waals surface area contributed by atoms with E-state index in [0.717, 1.165) is 12.0 Å². The van der Waals surface area contributed by atoms with E-state index in [4.69, 9.17) is 14.2 Å². The number of hydrogen-bond acceptors (Lipinski definition) is 6. The standard InChI is InChI=1S/C24H28N2O6/c1-15-10-17(15)23(28)25-19-12-21(31-4)20(30-3)11-18(19)24(29)32-14-22(27)26(2)13-16-8-6-5-7-9-16/h5-9,11-12,15,17H,10,13-14H2,1-4H3,(H,25,28). The van der Waals surface area contributed by atoms with Crippen LogP contribution in [0.4, 0.5) is 5.69 Å². The maximum absolute atomic E-state index is 12.8. The third-order valence-corrected chi connectivity index (χ3v) is 5.46. The fourth-order valence-electron chi connectivity index (χ4n) is 3.32. The fourth-order valence-corrected chi connectivity index (χ4v) is 3.32. The molecule has 0 aromatic heterocycles. The average Bonchev–Trinajstić information content (AvgIpc) is 3.54. The van der Waals surface area contributed by atoms with Crippen molar-refractivity contribution in [2.75, 3.05) is 33.2 Å². The van der Waals surface area contributed by atoms with Gasteiger partial charge in [0.05, 0.1) is 25.5 Å². The van der Waals surface area contributed by atoms with E-state index in [-0.39, 0.29) is 29.0 Å². The number of amides is 2. The van der Waals surface area contributed by atoms with Gasteiger partial charge in [0, 0.05) is 31.6 Å². The van der Waals surface area contributed by atoms with Gasteiger partial charge < -0.3 is 24.4 Å². The third kappa shape index (κ3) is 5.57. The number of carbonyl (C=O) groups is 3. The summed E-state index contributed by atoms with van der Waals surface area (Å²) in [4.78, 5) is 39.2. The lowest BCUT2D eigenvalue weighted by Crippen LogP contribution is -2.31. The largest absolute Gasteiger partial charge is 0.493 e. The highest BCUT2D eigenvalue weighted by molar-refractivity contribution is 6.03. The number of hydrogen-bond donors (Lipinski definition) is 1. The Morgan fingerprint density at radius 3 is 2.28 bits per heavy atom. The van der Waals surface area contributed by atoms with Crippen LogP contribution in [0.5, 0.6) is 11.5 Å². The van der Waals surface area contributed by atoms with Gasteiger partial charge in [0.1, 0.15) is 0 Å². The van der Waals surface area contributed by atoms with Crippen LogP contribution in [0.2, 0.25) is 0 Å². The lowest BCUT2D eigenvalue weighted by atomic mass is 10.1. The minimum absolute atomic E-state index is 0.0832. The molecule has 8 heteroatoms. The molecule has 3 rings (SSSR count). The second kappa shape index (κ2) is 10.2. The zero-order chi connectivity index (χ0) is 23.3. The van der Waals surface area contributed by atoms with Crippen LogP contribution in [0.3, 0.4) is 0 Å². The minimum Gasteiger partial charge on any atom is -0.493 e. The van der Waals surface area contributed by atoms with Crippen LogP contribution in [0.1, 0.15) is 29.3 Å². The molecule has 2 aromatic carbocycles. The van der Waals surface area contributed by atoms with E-state index < -0.39 is 12.6 Å². The second-order valence-corrected chi connectivity index (χ2v) is 7.87. The Bertz CT molecular complexity index is 991. The van der Waals surface area contributed by atoms with Gasteiger partial charge in [0.25, 0.3) is 5.91 Å². The lowest BCUT2D eigenvalue weighted by molar-refractivity contribution is -0.133. The van der Waals surface area contributed by atoms with Crippen molar-refractivity contribution in [1.29, 1.82) is 0 Å². The summed E-state index contributed by atoms with van der Waals surface area (Å²) in [6.45, 7) is 1.96. The van der Waals surface area contributed by atoms with Gasteiger partial charge in [0.2, 0.25) is 5.91 Å². The number of carbonyl (C=O) groups excluding carboxylic acids is 3. The third-order valence-electron chi connectivity index (χ3n) is 5.46. The molecule has 8 nitrogen and oxygen atoms in total. The highest BCUT2D eigenvalue weighted by Crippen LogP contribution is 2.40. The Morgan fingerprint density at radius 2 is 1.69 bits per heavy atom. The SMILES string of the molecule is COc1cc(NC(=O)C2CC2C)c(C(=O)OCC(=O)N(C)Cc2ccccc2)cc1OC. The van der Waals surface area contributed by atoms with E-state index >= 15 is 0 Å². The summed E-state index contributed by atoms with van der Waals surface area (Å²) in [6.07, 6.45) is 0.807. The molecule has 170 valence electrons. The number of likely N-dealkylation sites (N-methyl/N-ethyl adjacent to an activating group) is 1. The number of benzene rings is 2. The van der Waals surface area contributed by atoms with Gasteiger partial charge in [-0.15, -0.1) is 0 Å². The summed E-state index contributed by atoms with van der Waals surface area (Å²) >= 11 is 0. The van der Waals surface area contributed by atoms with Crippen LogP contribution in [0.15, 0.2) is 42.5 Å². The first-order valence-electron chi connectivity index (χ1n) is 10.4. The zero-order valence-electron chi connectivity index (χ0n) is 18.7. The summed E-state index contributed by atoms with van der Waals surface area (Å²) in [5, 5.41) is 2.78. The highest BCUT2D eigenvalue weighted by Gasteiger charge is 2.39. The van der Waals surface area contributed by atoms with E-state index in [2.05, 4.69) is 5.32 Å². The Balaban J connectivity index is 1.71. The number of nitrogens with one attached hydrogen (secondary N) is 1. The van der Waals surface area contributed by atoms with Crippen molar-refractivity contribution in [1.82, 2.24) is 4.90 Å². The van der Waals surface area contributed by atoms with Gasteiger partial charge in [0.15, 0.2) is 18.1 Å². The monoisotopic (exact) mass is 440 g/mol. The molecule has 0 radical (unpaired) electrons. The van der Waals surface area contributed by atoms with Gasteiger partial charge in [-0.2, -0.15) is 0 Å². The van der Waals surface area contributed by atoms with E-state index in [0.29, 0.717) is 24.0 Å². The van der Waals surface area contributed by atoms with Crippen molar-refractivity contribution >= 4 is 23.5 Å². The molecule has 0 aliphatic heterocycles. The molecule has 1 fully saturated rings. The van der Waals surface area contributed by atoms with E-state index in [1.54, 1.807) is 7.05 Å². The Labute approximate surface area is 187 Å². The van der Waals surface area contributed by atoms with Gasteiger partial charge in [-0.05, 0) is 17.9 Å². The van der Waals surface area contributed by atoms with Crippen molar-refractivity contribution < 1.29 is 28.6 Å². The lowest BCUT2D eigenvalue weighted by Gasteiger charge is -2.18. The first-order valence-corrected chi connectivity index (χ1v) is 10.4. The molecule has 1 aliphatic carbocycles. The molecule has 0 spiro atoms. The van der Waals surface area contributed by atoms with Crippen LogP contribution in [0.25, 0.3) is 0 Å². The van der Waals surface area contributed by atoms with Gasteiger partial charge in [-0.1, -0.05) is 37.3 Å². The van der Waals surface area contributed by atoms with Crippen molar-refractivity contribution in [3.8, 4) is 11.5 Å². The predicted molar refractivity (Wildman–Crippen MR) is 119 cm³/mol. The Morgan fingerprint density at radius 1 is 1.06 bits per heavy atom. The van der Waals surface area contributed by atoms with Crippen LogP contribution in [-0.2, 0) is 20.9 Å². The molecule has 2 unspecified atom stereocenters. The summed E-state index contributed by atoms with van der Waals surface area (Å²) in [5.41, 5.74) is 1.30. The maximum atomic E-state index is 12.8. The van der Waals surface area contributed by atoms with Crippen molar-refractivity contribution in [2.45, 2.75) is 19.9 Å². The molecular weight excluding hydrogens is 412 g/mol. The van der Waals surface area contributed by atoms with E-state index in [1.165, 1.54) is 31.3 Å². The highest BCUT2D eigenvalue weighted by atomic mass is 16.5. The number of anilines is 1. The summed E-state index contributed by atoms with van der Waals surface area (Å²) in [6, 6.07) is 12.5. The number of ether oxygens (including phenoxy) is 3. The molecule has 0 heterocycles. The first kappa shape index (κ1) is 23.1. The molecule has 2 atom stereocenters. The van der Waals surface area contributed by atoms with Gasteiger partial charge in [-0.25, -0.2) is 4.79 Å². The van der Waals surface area contributed by atoms with Gasteiger partial charge >= 0.3 is 5.97 Å². The topological polar surface area (TPSA) is 94.2 Å². The zero-order valence-corrected chi connectivity index (χ0v) is 18.7. The number of esters is 1. The Kier molecular flexibility index (Phi) is 7.35. The first-order chi connectivity index (χ1) is 15.3. The quantitative estimate of drug-likeness (QED) is 0.602. The predicted octanol–water partition coefficient (Wildman–Crippen LogP) is 3.11. The average molecular weight is 440 g/mol. The summed E-state index contributed by atoms with van der Waals surface area (Å²) in [7, 11) is 4.55. The van der Waals surface area contributed by atoms with E-state index in [9.17, 15) is 14.4 Å². The van der Waals surface area contributed by atoms with Gasteiger partial charge in [-0.3, -0.25) is 9.59 Å². The fraction of sp³-hybridized carbons (Fsp3) is 0.375. The van der Waals surface area contributed by atoms with Crippen LogP contribution in [0, 0.1) is 11.8 Å². The maximum Gasteiger partial charge on any atom is 0.340 e. The molecule has 0 saturated heterocycles. The van der Waals surface area contributed by atoms with Crippen molar-refractivity contribution in [3.63, 3.8) is 0 Å². The minimum atomic E-state index is -0.744. The molecule has 2 aromatic rings. The van der Waals surface area contributed by atoms with Crippen LogP contribution >= 0.6 is 0 Å². The summed E-state index contributed by atoms with van der Waals surface area (Å²) < 4.78 is 15.8. The normalized spacial score (nSPS) is 16.6. The molecule has 2 amide bonds. The molecule has 0 bridgehead atoms. The number of methoxy groups -OCH3 is 2. The molecule has 1 aliphatic rings. The Hall–Kier alpha value is -3.55.